The highest BCUT2D eigenvalue weighted by molar-refractivity contribution is 8.00. The van der Waals surface area contributed by atoms with Crippen molar-refractivity contribution in [1.29, 1.82) is 0 Å². The van der Waals surface area contributed by atoms with Crippen LogP contribution < -0.4 is 4.74 Å². The molecular weight excluding hydrogens is 304 g/mol. The van der Waals surface area contributed by atoms with E-state index in [0.29, 0.717) is 0 Å². The second-order valence-corrected chi connectivity index (χ2v) is 6.08. The summed E-state index contributed by atoms with van der Waals surface area (Å²) < 4.78 is 10.6. The Morgan fingerprint density at radius 2 is 2.29 bits per heavy atom. The number of hydrogen-bond donors (Lipinski definition) is 1. The Morgan fingerprint density at radius 3 is 2.95 bits per heavy atom. The van der Waals surface area contributed by atoms with Crippen LogP contribution in [0, 0.1) is 11.8 Å². The van der Waals surface area contributed by atoms with E-state index in [1.165, 1.54) is 11.5 Å². The summed E-state index contributed by atoms with van der Waals surface area (Å²) in [6, 6.07) is 5.76. The lowest BCUT2D eigenvalue weighted by Crippen LogP contribution is -1.92. The molecule has 1 aromatic heterocycles. The molecule has 110 valence electrons. The van der Waals surface area contributed by atoms with Gasteiger partial charge in [-0.2, -0.15) is 4.37 Å². The Bertz CT molecular complexity index is 659. The van der Waals surface area contributed by atoms with E-state index in [-0.39, 0.29) is 6.61 Å². The molecule has 1 N–H and O–H groups in total. The summed E-state index contributed by atoms with van der Waals surface area (Å²) in [4.78, 5) is 4.44. The van der Waals surface area contributed by atoms with E-state index in [0.717, 1.165) is 39.2 Å². The minimum absolute atomic E-state index is 0.138. The van der Waals surface area contributed by atoms with Gasteiger partial charge in [0.1, 0.15) is 18.2 Å². The number of nitrogens with zero attached hydrogens (tertiary/aromatic N) is 2. The van der Waals surface area contributed by atoms with Crippen molar-refractivity contribution in [3.8, 4) is 17.6 Å². The van der Waals surface area contributed by atoms with E-state index in [1.54, 1.807) is 18.9 Å². The highest BCUT2D eigenvalue weighted by Gasteiger charge is 2.08. The molecule has 0 radical (unpaired) electrons. The van der Waals surface area contributed by atoms with Crippen molar-refractivity contribution in [1.82, 2.24) is 9.36 Å². The van der Waals surface area contributed by atoms with E-state index in [4.69, 9.17) is 9.84 Å². The molecule has 0 spiro atoms. The van der Waals surface area contributed by atoms with Crippen LogP contribution in [0.1, 0.15) is 23.9 Å². The quantitative estimate of drug-likeness (QED) is 0.678. The Balaban J connectivity index is 2.13. The highest BCUT2D eigenvalue weighted by Crippen LogP contribution is 2.29. The van der Waals surface area contributed by atoms with Gasteiger partial charge in [-0.3, -0.25) is 0 Å². The summed E-state index contributed by atoms with van der Waals surface area (Å²) in [6.45, 7) is 1.91. The van der Waals surface area contributed by atoms with Crippen molar-refractivity contribution in [2.75, 3.05) is 13.7 Å². The van der Waals surface area contributed by atoms with Crippen molar-refractivity contribution < 1.29 is 9.84 Å². The van der Waals surface area contributed by atoms with E-state index < -0.39 is 0 Å². The zero-order valence-corrected chi connectivity index (χ0v) is 13.6. The third-order valence-corrected chi connectivity index (χ3v) is 4.63. The maximum Gasteiger partial charge on any atom is 0.170 e. The molecule has 0 aliphatic carbocycles. The number of thioether (sulfide) groups is 1. The average molecular weight is 320 g/mol. The number of aromatic nitrogens is 2. The topological polar surface area (TPSA) is 55.2 Å². The fraction of sp³-hybridized carbons (Fsp3) is 0.333. The van der Waals surface area contributed by atoms with Gasteiger partial charge >= 0.3 is 0 Å². The number of methoxy groups -OCH3 is 1. The van der Waals surface area contributed by atoms with Crippen molar-refractivity contribution in [3.63, 3.8) is 0 Å². The molecule has 4 nitrogen and oxygen atoms in total. The molecule has 2 rings (SSSR count). The van der Waals surface area contributed by atoms with E-state index in [9.17, 15) is 0 Å². The SMILES string of the molecule is CCc1nsc(SCc2cc(C#CCO)ccc2OC)n1. The number of hydrogen-bond acceptors (Lipinski definition) is 6. The molecule has 1 heterocycles. The molecule has 2 aromatic rings. The van der Waals surface area contributed by atoms with Crippen LogP contribution in [0.15, 0.2) is 22.5 Å². The summed E-state index contributed by atoms with van der Waals surface area (Å²) in [5.74, 6) is 8.02. The predicted molar refractivity (Wildman–Crippen MR) is 85.8 cm³/mol. The van der Waals surface area contributed by atoms with Crippen LogP contribution in [-0.4, -0.2) is 28.2 Å². The van der Waals surface area contributed by atoms with Crippen LogP contribution in [-0.2, 0) is 12.2 Å². The van der Waals surface area contributed by atoms with Gasteiger partial charge in [0.05, 0.1) is 7.11 Å². The van der Waals surface area contributed by atoms with Crippen molar-refractivity contribution in [3.05, 3.63) is 35.2 Å². The number of aliphatic hydroxyl groups excluding tert-OH is 1. The summed E-state index contributed by atoms with van der Waals surface area (Å²) in [5, 5.41) is 8.76. The van der Waals surface area contributed by atoms with Crippen LogP contribution in [0.4, 0.5) is 0 Å². The number of aliphatic hydroxyl groups is 1. The van der Waals surface area contributed by atoms with Crippen molar-refractivity contribution in [2.24, 2.45) is 0 Å². The van der Waals surface area contributed by atoms with Crippen LogP contribution in [0.5, 0.6) is 5.75 Å². The molecule has 0 amide bonds. The maximum absolute atomic E-state index is 8.76. The first kappa shape index (κ1) is 15.8. The predicted octanol–water partition coefficient (Wildman–Crippen LogP) is 2.75. The van der Waals surface area contributed by atoms with Crippen molar-refractivity contribution >= 4 is 23.3 Å². The molecule has 0 aliphatic heterocycles. The average Bonchev–Trinajstić information content (AvgIpc) is 2.99. The molecule has 6 heteroatoms. The second-order valence-electron chi connectivity index (χ2n) is 4.11. The summed E-state index contributed by atoms with van der Waals surface area (Å²) >= 11 is 3.06. The summed E-state index contributed by atoms with van der Waals surface area (Å²) in [7, 11) is 1.66. The lowest BCUT2D eigenvalue weighted by atomic mass is 10.1. The Hall–Kier alpha value is -1.55. The number of aryl methyl sites for hydroxylation is 1. The van der Waals surface area contributed by atoms with Gasteiger partial charge in [-0.25, -0.2) is 4.98 Å². The fourth-order valence-corrected chi connectivity index (χ4v) is 3.36. The standard InChI is InChI=1S/C15H16N2O2S2/c1-3-14-16-15(21-17-14)20-10-12-9-11(5-4-8-18)6-7-13(12)19-2/h6-7,9,18H,3,8,10H2,1-2H3. The minimum atomic E-state index is -0.138. The van der Waals surface area contributed by atoms with Crippen LogP contribution >= 0.6 is 23.3 Å². The zero-order valence-electron chi connectivity index (χ0n) is 11.9. The monoisotopic (exact) mass is 320 g/mol. The van der Waals surface area contributed by atoms with Crippen molar-refractivity contribution in [2.45, 2.75) is 23.4 Å². The Kier molecular flexibility index (Phi) is 6.05. The minimum Gasteiger partial charge on any atom is -0.496 e. The van der Waals surface area contributed by atoms with Gasteiger partial charge in [0.2, 0.25) is 0 Å². The third-order valence-electron chi connectivity index (χ3n) is 2.71. The molecular formula is C15H16N2O2S2. The fourth-order valence-electron chi connectivity index (χ4n) is 1.69. The molecule has 0 fully saturated rings. The smallest absolute Gasteiger partial charge is 0.170 e. The number of rotatable bonds is 5. The van der Waals surface area contributed by atoms with Crippen LogP contribution in [0.3, 0.4) is 0 Å². The molecule has 21 heavy (non-hydrogen) atoms. The maximum atomic E-state index is 8.76. The normalized spacial score (nSPS) is 10.0. The van der Waals surface area contributed by atoms with Gasteiger partial charge in [0, 0.05) is 23.3 Å². The molecule has 0 atom stereocenters. The van der Waals surface area contributed by atoms with Gasteiger partial charge in [0.15, 0.2) is 4.34 Å². The number of ether oxygens (including phenoxy) is 1. The molecule has 0 saturated carbocycles. The second kappa shape index (κ2) is 8.03. The molecule has 0 saturated heterocycles. The lowest BCUT2D eigenvalue weighted by molar-refractivity contribution is 0.350. The Morgan fingerprint density at radius 1 is 1.43 bits per heavy atom. The van der Waals surface area contributed by atoms with E-state index in [1.807, 2.05) is 25.1 Å². The molecule has 0 bridgehead atoms. The van der Waals surface area contributed by atoms with Gasteiger partial charge in [0.25, 0.3) is 0 Å². The van der Waals surface area contributed by atoms with E-state index in [2.05, 4.69) is 21.2 Å². The summed E-state index contributed by atoms with van der Waals surface area (Å²) in [5.41, 5.74) is 1.92. The molecule has 0 unspecified atom stereocenters. The lowest BCUT2D eigenvalue weighted by Gasteiger charge is -2.07. The molecule has 0 aliphatic rings. The molecule has 1 aromatic carbocycles. The zero-order chi connectivity index (χ0) is 15.1. The largest absolute Gasteiger partial charge is 0.496 e. The van der Waals surface area contributed by atoms with Crippen LogP contribution in [0.2, 0.25) is 0 Å². The van der Waals surface area contributed by atoms with Gasteiger partial charge in [-0.15, -0.1) is 0 Å². The van der Waals surface area contributed by atoms with E-state index >= 15 is 0 Å². The van der Waals surface area contributed by atoms with Gasteiger partial charge < -0.3 is 9.84 Å². The van der Waals surface area contributed by atoms with Gasteiger partial charge in [-0.05, 0) is 29.7 Å². The highest BCUT2D eigenvalue weighted by atomic mass is 32.2. The van der Waals surface area contributed by atoms with Crippen LogP contribution in [0.25, 0.3) is 0 Å². The number of benzene rings is 1. The summed E-state index contributed by atoms with van der Waals surface area (Å²) in [6.07, 6.45) is 0.854. The third kappa shape index (κ3) is 4.46. The first-order chi connectivity index (χ1) is 10.3. The Labute approximate surface area is 132 Å². The first-order valence-electron chi connectivity index (χ1n) is 6.48. The van der Waals surface area contributed by atoms with Gasteiger partial charge in [-0.1, -0.05) is 30.5 Å². The first-order valence-corrected chi connectivity index (χ1v) is 8.24.